The van der Waals surface area contributed by atoms with Gasteiger partial charge in [0.05, 0.1) is 11.1 Å². The van der Waals surface area contributed by atoms with Crippen LogP contribution in [0.2, 0.25) is 0 Å². The Hall–Kier alpha value is -3.80. The molecular formula is C33H40N2O4. The zero-order valence-corrected chi connectivity index (χ0v) is 24.9. The first-order chi connectivity index (χ1) is 18.3. The lowest BCUT2D eigenvalue weighted by Crippen LogP contribution is -2.16. The number of ether oxygens (including phenoxy) is 2. The van der Waals surface area contributed by atoms with Gasteiger partial charge in [0.2, 0.25) is 6.79 Å². The molecule has 0 saturated heterocycles. The maximum Gasteiger partial charge on any atom is 0.229 e. The summed E-state index contributed by atoms with van der Waals surface area (Å²) in [5.41, 5.74) is 9.47. The molecule has 39 heavy (non-hydrogen) atoms. The normalized spacial score (nSPS) is 22.3. The van der Waals surface area contributed by atoms with Gasteiger partial charge in [-0.1, -0.05) is 35.4 Å². The van der Waals surface area contributed by atoms with Crippen molar-refractivity contribution >= 4 is 24.0 Å². The molecule has 1 heterocycles. The Morgan fingerprint density at radius 1 is 0.615 bits per heavy atom. The number of ketones is 2. The van der Waals surface area contributed by atoms with E-state index < -0.39 is 12.1 Å². The van der Waals surface area contributed by atoms with E-state index in [2.05, 4.69) is 65.8 Å². The number of nitrogens with zero attached hydrogens (tertiary/aromatic N) is 2. The van der Waals surface area contributed by atoms with Gasteiger partial charge in [-0.2, -0.15) is 0 Å². The molecule has 2 aromatic carbocycles. The van der Waals surface area contributed by atoms with Gasteiger partial charge in [-0.3, -0.25) is 19.6 Å². The zero-order chi connectivity index (χ0) is 29.0. The predicted octanol–water partition coefficient (Wildman–Crippen LogP) is 7.19. The van der Waals surface area contributed by atoms with Gasteiger partial charge in [-0.15, -0.1) is 0 Å². The van der Waals surface area contributed by atoms with Crippen LogP contribution in [0.15, 0.2) is 56.9 Å². The minimum Gasteiger partial charge on any atom is -0.461 e. The summed E-state index contributed by atoms with van der Waals surface area (Å²) in [4.78, 5) is 35.5. The smallest absolute Gasteiger partial charge is 0.229 e. The van der Waals surface area contributed by atoms with Crippen LogP contribution >= 0.6 is 0 Å². The number of aliphatic imine (C=N–C) groups is 2. The number of allylic oxidation sites excluding steroid dienone is 4. The molecule has 0 bridgehead atoms. The van der Waals surface area contributed by atoms with Crippen molar-refractivity contribution in [2.45, 2.75) is 81.3 Å². The third kappa shape index (κ3) is 6.80. The fourth-order valence-corrected chi connectivity index (χ4v) is 5.47. The van der Waals surface area contributed by atoms with Crippen LogP contribution in [0.1, 0.15) is 84.3 Å². The molecule has 0 aliphatic carbocycles. The average molecular weight is 529 g/mol. The Morgan fingerprint density at radius 2 is 0.923 bits per heavy atom. The molecule has 1 aliphatic rings. The fraction of sp³-hybridized carbons (Fsp3) is 0.394. The van der Waals surface area contributed by atoms with Crippen molar-refractivity contribution < 1.29 is 19.1 Å². The lowest BCUT2D eigenvalue weighted by atomic mass is 9.84. The van der Waals surface area contributed by atoms with Gasteiger partial charge < -0.3 is 9.47 Å². The number of hydrogen-bond donors (Lipinski definition) is 0. The fourth-order valence-electron chi connectivity index (χ4n) is 5.47. The second-order valence-corrected chi connectivity index (χ2v) is 10.5. The van der Waals surface area contributed by atoms with E-state index in [1.807, 2.05) is 0 Å². The summed E-state index contributed by atoms with van der Waals surface area (Å²) >= 11 is 0. The summed E-state index contributed by atoms with van der Waals surface area (Å²) in [5.74, 6) is 0.473. The SMILES string of the molecule is CC(=O)/C1=C(\C)OCO/C(C)=C(/C(C)=O)C=N[C@H](c2c(C)cc(C)cc2C)C(c2c(C)cc(C)cc2C)N=C1. The zero-order valence-electron chi connectivity index (χ0n) is 24.9. The quantitative estimate of drug-likeness (QED) is 0.421. The van der Waals surface area contributed by atoms with Crippen LogP contribution < -0.4 is 0 Å². The van der Waals surface area contributed by atoms with E-state index in [0.717, 1.165) is 44.5 Å². The van der Waals surface area contributed by atoms with E-state index in [1.165, 1.54) is 13.8 Å². The molecule has 1 unspecified atom stereocenters. The van der Waals surface area contributed by atoms with Gasteiger partial charge in [-0.25, -0.2) is 0 Å². The molecule has 2 atom stereocenters. The minimum atomic E-state index is -0.473. The monoisotopic (exact) mass is 528 g/mol. The molecule has 6 nitrogen and oxygen atoms in total. The molecule has 0 amide bonds. The summed E-state index contributed by atoms with van der Waals surface area (Å²) in [7, 11) is 0. The highest BCUT2D eigenvalue weighted by atomic mass is 16.7. The lowest BCUT2D eigenvalue weighted by molar-refractivity contribution is -0.114. The van der Waals surface area contributed by atoms with Crippen molar-refractivity contribution in [1.29, 1.82) is 0 Å². The molecule has 1 aliphatic heterocycles. The number of rotatable bonds is 4. The molecule has 6 heteroatoms. The maximum atomic E-state index is 12.7. The summed E-state index contributed by atoms with van der Waals surface area (Å²) < 4.78 is 11.5. The average Bonchev–Trinajstić information content (AvgIpc) is 2.80. The van der Waals surface area contributed by atoms with E-state index in [0.29, 0.717) is 22.7 Å². The van der Waals surface area contributed by atoms with Crippen molar-refractivity contribution in [3.8, 4) is 0 Å². The third-order valence-electron chi connectivity index (χ3n) is 7.16. The summed E-state index contributed by atoms with van der Waals surface area (Å²) in [5, 5.41) is 0. The highest BCUT2D eigenvalue weighted by molar-refractivity contribution is 6.13. The predicted molar refractivity (Wildman–Crippen MR) is 158 cm³/mol. The molecule has 3 rings (SSSR count). The third-order valence-corrected chi connectivity index (χ3v) is 7.16. The molecule has 206 valence electrons. The number of carbonyl (C=O) groups is 2. The van der Waals surface area contributed by atoms with Crippen LogP contribution in [-0.4, -0.2) is 30.8 Å². The summed E-state index contributed by atoms with van der Waals surface area (Å²) in [6, 6.07) is 7.62. The van der Waals surface area contributed by atoms with E-state index in [1.54, 1.807) is 26.3 Å². The molecule has 0 spiro atoms. The van der Waals surface area contributed by atoms with Crippen molar-refractivity contribution in [3.05, 3.63) is 91.4 Å². The van der Waals surface area contributed by atoms with Crippen molar-refractivity contribution in [2.75, 3.05) is 6.79 Å². The molecule has 0 aromatic heterocycles. The van der Waals surface area contributed by atoms with Gasteiger partial charge in [0.25, 0.3) is 0 Å². The van der Waals surface area contributed by atoms with Gasteiger partial charge in [0.15, 0.2) is 11.6 Å². The number of benzene rings is 2. The highest BCUT2D eigenvalue weighted by Crippen LogP contribution is 2.42. The first-order valence-electron chi connectivity index (χ1n) is 13.2. The number of Topliss-reactive ketones (excluding diaryl/α,β-unsaturated/α-hetero) is 2. The first kappa shape index (κ1) is 29.8. The topological polar surface area (TPSA) is 77.3 Å². The highest BCUT2D eigenvalue weighted by Gasteiger charge is 2.30. The molecule has 0 N–H and O–H groups in total. The number of aryl methyl sites for hydroxylation is 6. The van der Waals surface area contributed by atoms with Crippen LogP contribution in [0.4, 0.5) is 0 Å². The van der Waals surface area contributed by atoms with Crippen LogP contribution in [0.25, 0.3) is 0 Å². The van der Waals surface area contributed by atoms with Crippen LogP contribution in [0, 0.1) is 41.5 Å². The van der Waals surface area contributed by atoms with E-state index >= 15 is 0 Å². The van der Waals surface area contributed by atoms with E-state index in [-0.39, 0.29) is 18.4 Å². The second-order valence-electron chi connectivity index (χ2n) is 10.5. The van der Waals surface area contributed by atoms with E-state index in [4.69, 9.17) is 19.5 Å². The Balaban J connectivity index is 2.46. The lowest BCUT2D eigenvalue weighted by Gasteiger charge is -2.28. The number of carbonyl (C=O) groups excluding carboxylic acids is 2. The number of hydrogen-bond acceptors (Lipinski definition) is 6. The minimum absolute atomic E-state index is 0.147. The maximum absolute atomic E-state index is 12.7. The van der Waals surface area contributed by atoms with Crippen molar-refractivity contribution in [1.82, 2.24) is 0 Å². The largest absolute Gasteiger partial charge is 0.461 e. The molecule has 0 fully saturated rings. The molecule has 0 radical (unpaired) electrons. The Morgan fingerprint density at radius 3 is 1.21 bits per heavy atom. The Labute approximate surface area is 232 Å². The van der Waals surface area contributed by atoms with E-state index in [9.17, 15) is 9.59 Å². The standard InChI is InChI=1S/C33H40N2O4/c1-18-11-20(3)30(21(4)12-18)32-33(31-22(5)13-19(2)14-23(31)6)35-16-29(25(8)37)27(10)39-17-38-26(9)28(15-34-32)24(7)36/h11-16,32-33H,17H2,1-10H3/b28-26+,29-27+,34-15?,35-16?/t32-,33?/m1/s1. The Bertz CT molecular complexity index is 1270. The van der Waals surface area contributed by atoms with Crippen molar-refractivity contribution in [3.63, 3.8) is 0 Å². The van der Waals surface area contributed by atoms with Gasteiger partial charge in [0.1, 0.15) is 23.6 Å². The molecule has 2 aromatic rings. The van der Waals surface area contributed by atoms with Crippen LogP contribution in [0.3, 0.4) is 0 Å². The van der Waals surface area contributed by atoms with Gasteiger partial charge in [0, 0.05) is 12.4 Å². The molecular weight excluding hydrogens is 488 g/mol. The van der Waals surface area contributed by atoms with Gasteiger partial charge >= 0.3 is 0 Å². The van der Waals surface area contributed by atoms with Crippen LogP contribution in [-0.2, 0) is 19.1 Å². The molecule has 0 saturated carbocycles. The first-order valence-corrected chi connectivity index (χ1v) is 13.2. The van der Waals surface area contributed by atoms with Gasteiger partial charge in [-0.05, 0) is 103 Å². The van der Waals surface area contributed by atoms with Crippen molar-refractivity contribution in [2.24, 2.45) is 9.98 Å². The summed E-state index contributed by atoms with van der Waals surface area (Å²) in [6.07, 6.45) is 3.21. The van der Waals surface area contributed by atoms with Crippen LogP contribution in [0.5, 0.6) is 0 Å². The Kier molecular flexibility index (Phi) is 9.44. The summed E-state index contributed by atoms with van der Waals surface area (Å²) in [6.45, 7) is 18.7. The second kappa shape index (κ2) is 12.4.